The van der Waals surface area contributed by atoms with E-state index < -0.39 is 0 Å². The molecule has 0 radical (unpaired) electrons. The average Bonchev–Trinajstić information content (AvgIpc) is 1.61. The summed E-state index contributed by atoms with van der Waals surface area (Å²) in [6, 6.07) is 66.1. The molecule has 28 heteroatoms. The number of nitrogens with one attached hydrogen (secondary N) is 14. The minimum Gasteiger partial charge on any atom is -0.357 e. The standard InChI is InChI=1S/C92H86N28/c1-49-37-50(2)42-65(41-49)101-89-113-81(93-9)109-85(117-89)97-61-21-13-57(14-22-61)77-69-29-31-71(105-69)78(58-15-23-62(24-16-58)98-86-110-82(94-10)114-90(118-86)102-66-43-51(3)38-52(4)44-66)73-33-35-75(107-73)80(60-19-27-64(28-20-60)100-88-112-84(96-12)116-92(120-88)104-68-47-55(7)40-56(8)48-68)76-36-34-74(108-76)79(72-32-30-70(77)106-72)59-17-25-63(26-18-59)99-87-111-83(95-11)115-91(119-87)103-67-45-53(5)39-54(6)46-67/h13-48,105,108H,1-12H3,(H3,93,97,101,109,113,117)(H3,94,98,102,110,114,118)(H3,95,99,103,111,115,119)(H3,96,100,104,112,116,120). The number of hydrogen-bond donors (Lipinski definition) is 14. The summed E-state index contributed by atoms with van der Waals surface area (Å²) in [7, 11) is 7.12. The van der Waals surface area contributed by atoms with Gasteiger partial charge in [-0.2, -0.15) is 59.8 Å². The Morgan fingerprint density at radius 1 is 0.183 bits per heavy atom. The maximum Gasteiger partial charge on any atom is 0.233 e. The summed E-state index contributed by atoms with van der Waals surface area (Å²) in [5, 5.41) is 39.8. The van der Waals surface area contributed by atoms with Gasteiger partial charge in [-0.1, -0.05) is 72.8 Å². The fourth-order valence-corrected chi connectivity index (χ4v) is 14.9. The lowest BCUT2D eigenvalue weighted by molar-refractivity contribution is 1.06. The summed E-state index contributed by atoms with van der Waals surface area (Å²) in [6.45, 7) is 16.5. The normalized spacial score (nSPS) is 11.4. The number of benzene rings is 8. The van der Waals surface area contributed by atoms with Crippen molar-refractivity contribution in [3.63, 3.8) is 0 Å². The topological polar surface area (TPSA) is 356 Å². The summed E-state index contributed by atoms with van der Waals surface area (Å²) >= 11 is 0. The van der Waals surface area contributed by atoms with Crippen LogP contribution in [0.2, 0.25) is 0 Å². The molecule has 7 aromatic heterocycles. The Hall–Kier alpha value is -16.0. The van der Waals surface area contributed by atoms with Gasteiger partial charge >= 0.3 is 0 Å². The Labute approximate surface area is 692 Å². The third-order valence-electron chi connectivity index (χ3n) is 19.8. The molecule has 0 unspecified atom stereocenters. The van der Waals surface area contributed by atoms with E-state index in [1.54, 1.807) is 28.2 Å². The molecule has 594 valence electrons. The van der Waals surface area contributed by atoms with E-state index in [1.165, 1.54) is 0 Å². The van der Waals surface area contributed by atoms with Crippen molar-refractivity contribution in [1.82, 2.24) is 79.7 Å². The van der Waals surface area contributed by atoms with E-state index >= 15 is 0 Å². The van der Waals surface area contributed by atoms with Gasteiger partial charge in [0.1, 0.15) is 0 Å². The van der Waals surface area contributed by atoms with Crippen LogP contribution in [0.15, 0.2) is 194 Å². The first kappa shape index (κ1) is 76.6. The molecule has 14 N–H and O–H groups in total. The van der Waals surface area contributed by atoms with E-state index in [2.05, 4.69) is 319 Å². The van der Waals surface area contributed by atoms with Gasteiger partial charge in [-0.05, 0) is 268 Å². The van der Waals surface area contributed by atoms with Gasteiger partial charge in [-0.15, -0.1) is 0 Å². The summed E-state index contributed by atoms with van der Waals surface area (Å²) < 4.78 is 0. The quantitative estimate of drug-likeness (QED) is 0.0267. The van der Waals surface area contributed by atoms with Crippen molar-refractivity contribution in [3.05, 3.63) is 261 Å². The van der Waals surface area contributed by atoms with E-state index in [1.807, 2.05) is 48.5 Å². The molecule has 0 spiro atoms. The van der Waals surface area contributed by atoms with Gasteiger partial charge in [0.2, 0.25) is 71.4 Å². The number of H-pyrrole nitrogens is 2. The molecular formula is C92H86N28. The van der Waals surface area contributed by atoms with Crippen LogP contribution in [0.25, 0.3) is 90.9 Å². The highest BCUT2D eigenvalue weighted by molar-refractivity contribution is 6.00. The highest BCUT2D eigenvalue weighted by Gasteiger charge is 2.22. The minimum atomic E-state index is 0.346. The molecule has 120 heavy (non-hydrogen) atoms. The number of hydrogen-bond acceptors (Lipinski definition) is 26. The molecule has 0 saturated carbocycles. The highest BCUT2D eigenvalue weighted by atomic mass is 15.3. The smallest absolute Gasteiger partial charge is 0.233 e. The molecule has 0 atom stereocenters. The maximum atomic E-state index is 5.68. The number of aromatic amines is 2. The molecule has 2 aliphatic rings. The SMILES string of the molecule is CNc1nc(Nc2ccc(-c3c4nc(c(-c5ccc(Nc6nc(NC)nc(Nc7cc(C)cc(C)c7)n6)cc5)c5ccc([nH]5)c(-c5ccc(Nc6nc(NC)nc(Nc7cc(C)cc(C)c7)n6)cc5)c5nc(c(-c6ccc(Nc7nc(NC)nc(Nc8cc(C)cc(C)c8)n7)cc6)c6ccc3[nH]6)C=C5)C=C4)cc2)nc(Nc2cc(C)cc(C)c2)n1. The highest BCUT2D eigenvalue weighted by Crippen LogP contribution is 2.41. The van der Waals surface area contributed by atoms with Crippen molar-refractivity contribution >= 4 is 163 Å². The lowest BCUT2D eigenvalue weighted by Gasteiger charge is -2.12. The lowest BCUT2D eigenvalue weighted by Crippen LogP contribution is -2.07. The van der Waals surface area contributed by atoms with Gasteiger partial charge < -0.3 is 73.8 Å². The summed E-state index contributed by atoms with van der Waals surface area (Å²) in [6.07, 6.45) is 8.31. The molecule has 0 amide bonds. The van der Waals surface area contributed by atoms with Crippen molar-refractivity contribution in [2.24, 2.45) is 0 Å². The van der Waals surface area contributed by atoms with Crippen LogP contribution in [0, 0.1) is 55.4 Å². The predicted molar refractivity (Wildman–Crippen MR) is 488 cm³/mol. The Kier molecular flexibility index (Phi) is 21.1. The van der Waals surface area contributed by atoms with Crippen molar-refractivity contribution in [1.29, 1.82) is 0 Å². The average molecular weight is 1580 g/mol. The molecule has 9 heterocycles. The van der Waals surface area contributed by atoms with Gasteiger partial charge in [-0.3, -0.25) is 0 Å². The van der Waals surface area contributed by atoms with E-state index in [0.29, 0.717) is 94.2 Å². The Morgan fingerprint density at radius 2 is 0.350 bits per heavy atom. The van der Waals surface area contributed by atoms with Gasteiger partial charge in [0, 0.05) is 118 Å². The molecule has 0 saturated heterocycles. The zero-order valence-electron chi connectivity index (χ0n) is 68.0. The van der Waals surface area contributed by atoms with Gasteiger partial charge in [0.05, 0.1) is 22.8 Å². The van der Waals surface area contributed by atoms with E-state index in [9.17, 15) is 0 Å². The number of aromatic nitrogens is 16. The summed E-state index contributed by atoms with van der Waals surface area (Å²) in [4.78, 5) is 75.9. The Morgan fingerprint density at radius 3 is 0.525 bits per heavy atom. The second-order valence-electron chi connectivity index (χ2n) is 29.5. The molecule has 28 nitrogen and oxygen atoms in total. The maximum absolute atomic E-state index is 5.68. The van der Waals surface area contributed by atoms with E-state index in [0.717, 1.165) is 157 Å². The zero-order valence-corrected chi connectivity index (χ0v) is 68.0. The molecular weight excluding hydrogens is 1500 g/mol. The fourth-order valence-electron chi connectivity index (χ4n) is 14.9. The van der Waals surface area contributed by atoms with Crippen LogP contribution in [-0.4, -0.2) is 108 Å². The van der Waals surface area contributed by atoms with Crippen LogP contribution in [0.5, 0.6) is 0 Å². The molecule has 0 aliphatic carbocycles. The largest absolute Gasteiger partial charge is 0.357 e. The third kappa shape index (κ3) is 17.5. The first-order valence-corrected chi connectivity index (χ1v) is 39.1. The lowest BCUT2D eigenvalue weighted by atomic mass is 10.0. The first-order chi connectivity index (χ1) is 58.3. The molecule has 17 rings (SSSR count). The molecule has 8 aromatic carbocycles. The van der Waals surface area contributed by atoms with Gasteiger partial charge in [0.25, 0.3) is 0 Å². The number of anilines is 20. The fraction of sp³-hybridized carbons (Fsp3) is 0.130. The van der Waals surface area contributed by atoms with Gasteiger partial charge in [0.15, 0.2) is 0 Å². The number of aryl methyl sites for hydroxylation is 8. The molecule has 15 aromatic rings. The van der Waals surface area contributed by atoms with Gasteiger partial charge in [-0.25, -0.2) is 9.97 Å². The third-order valence-corrected chi connectivity index (χ3v) is 19.8. The van der Waals surface area contributed by atoms with Crippen LogP contribution in [0.3, 0.4) is 0 Å². The number of fused-ring (bicyclic) bond motifs is 8. The monoisotopic (exact) mass is 1580 g/mol. The van der Waals surface area contributed by atoms with Crippen molar-refractivity contribution in [2.45, 2.75) is 55.4 Å². The Balaban J connectivity index is 0.810. The summed E-state index contributed by atoms with van der Waals surface area (Å²) in [5.74, 6) is 4.48. The molecule has 0 fully saturated rings. The van der Waals surface area contributed by atoms with Crippen LogP contribution >= 0.6 is 0 Å². The van der Waals surface area contributed by atoms with Crippen molar-refractivity contribution in [3.8, 4) is 44.5 Å². The predicted octanol–water partition coefficient (Wildman–Crippen LogP) is 20.6. The van der Waals surface area contributed by atoms with Crippen molar-refractivity contribution < 1.29 is 0 Å². The minimum absolute atomic E-state index is 0.346. The zero-order chi connectivity index (χ0) is 82.7. The first-order valence-electron chi connectivity index (χ1n) is 39.1. The van der Waals surface area contributed by atoms with Crippen LogP contribution in [0.4, 0.5) is 117 Å². The van der Waals surface area contributed by atoms with Crippen LogP contribution in [-0.2, 0) is 0 Å². The van der Waals surface area contributed by atoms with Crippen molar-refractivity contribution in [2.75, 3.05) is 92.0 Å². The van der Waals surface area contributed by atoms with Crippen LogP contribution < -0.4 is 63.8 Å². The second kappa shape index (κ2) is 33.1. The van der Waals surface area contributed by atoms with Crippen LogP contribution in [0.1, 0.15) is 67.3 Å². The Bertz CT molecular complexity index is 5820. The van der Waals surface area contributed by atoms with E-state index in [4.69, 9.17) is 49.8 Å². The number of nitrogens with zero attached hydrogens (tertiary/aromatic N) is 14. The molecule has 8 bridgehead atoms. The van der Waals surface area contributed by atoms with E-state index in [-0.39, 0.29) is 0 Å². The molecule has 2 aliphatic heterocycles. The number of rotatable bonds is 24. The summed E-state index contributed by atoms with van der Waals surface area (Å²) in [5.41, 5.74) is 28.2. The second-order valence-corrected chi connectivity index (χ2v) is 29.5.